The van der Waals surface area contributed by atoms with E-state index >= 15 is 0 Å². The molecular weight excluding hydrogens is 390 g/mol. The summed E-state index contributed by atoms with van der Waals surface area (Å²) in [5.41, 5.74) is 2.42. The molecule has 29 heavy (non-hydrogen) atoms. The van der Waals surface area contributed by atoms with Crippen molar-refractivity contribution in [2.24, 2.45) is 0 Å². The zero-order valence-electron chi connectivity index (χ0n) is 16.5. The van der Waals surface area contributed by atoms with Crippen molar-refractivity contribution in [1.29, 1.82) is 0 Å². The van der Waals surface area contributed by atoms with Gasteiger partial charge in [-0.25, -0.2) is 18.1 Å². The second-order valence-electron chi connectivity index (χ2n) is 6.87. The highest BCUT2D eigenvalue weighted by molar-refractivity contribution is 7.90. The van der Waals surface area contributed by atoms with Crippen LogP contribution in [0.4, 0.5) is 5.69 Å². The molecule has 0 spiro atoms. The number of anilines is 1. The number of benzene rings is 2. The lowest BCUT2D eigenvalue weighted by Gasteiger charge is -2.24. The van der Waals surface area contributed by atoms with Gasteiger partial charge in [0, 0.05) is 18.0 Å². The predicted octanol–water partition coefficient (Wildman–Crippen LogP) is 2.30. The summed E-state index contributed by atoms with van der Waals surface area (Å²) in [5, 5.41) is 6.86. The summed E-state index contributed by atoms with van der Waals surface area (Å²) in [4.78, 5) is 18.4. The van der Waals surface area contributed by atoms with Crippen LogP contribution in [0.2, 0.25) is 0 Å². The van der Waals surface area contributed by atoms with Crippen LogP contribution < -0.4 is 5.32 Å². The van der Waals surface area contributed by atoms with Crippen molar-refractivity contribution >= 4 is 21.4 Å². The zero-order valence-corrected chi connectivity index (χ0v) is 17.3. The van der Waals surface area contributed by atoms with Crippen molar-refractivity contribution in [3.8, 4) is 5.69 Å². The van der Waals surface area contributed by atoms with Crippen LogP contribution in [0.25, 0.3) is 5.69 Å². The summed E-state index contributed by atoms with van der Waals surface area (Å²) in [7, 11) is -1.46. The second kappa shape index (κ2) is 8.54. The Labute approximate surface area is 170 Å². The first-order valence-electron chi connectivity index (χ1n) is 8.99. The first kappa shape index (κ1) is 20.7. The van der Waals surface area contributed by atoms with Gasteiger partial charge in [-0.15, -0.1) is 0 Å². The van der Waals surface area contributed by atoms with Gasteiger partial charge in [0.15, 0.2) is 9.84 Å². The molecule has 1 amide bonds. The molecule has 0 aliphatic rings. The normalized spacial score (nSPS) is 12.7. The van der Waals surface area contributed by atoms with Gasteiger partial charge in [0.05, 0.1) is 17.1 Å². The van der Waals surface area contributed by atoms with E-state index in [0.29, 0.717) is 5.69 Å². The summed E-state index contributed by atoms with van der Waals surface area (Å²) < 4.78 is 25.0. The van der Waals surface area contributed by atoms with Gasteiger partial charge in [-0.1, -0.05) is 18.2 Å². The monoisotopic (exact) mass is 413 g/mol. The van der Waals surface area contributed by atoms with E-state index in [4.69, 9.17) is 0 Å². The van der Waals surface area contributed by atoms with Crippen LogP contribution >= 0.6 is 0 Å². The van der Waals surface area contributed by atoms with Crippen LogP contribution in [-0.4, -0.2) is 53.8 Å². The Bertz CT molecular complexity index is 1080. The maximum absolute atomic E-state index is 12.4. The Morgan fingerprint density at radius 2 is 1.93 bits per heavy atom. The van der Waals surface area contributed by atoms with Gasteiger partial charge in [-0.2, -0.15) is 5.10 Å². The molecule has 1 atom stereocenters. The minimum Gasteiger partial charge on any atom is -0.325 e. The molecule has 0 radical (unpaired) electrons. The van der Waals surface area contributed by atoms with Crippen LogP contribution in [0, 0.1) is 0 Å². The van der Waals surface area contributed by atoms with Crippen LogP contribution in [0.15, 0.2) is 66.1 Å². The molecule has 0 saturated carbocycles. The summed E-state index contributed by atoms with van der Waals surface area (Å²) in [6.45, 7) is 2.18. The van der Waals surface area contributed by atoms with Gasteiger partial charge in [0.2, 0.25) is 5.91 Å². The summed E-state index contributed by atoms with van der Waals surface area (Å²) in [5.74, 6) is -0.218. The SMILES string of the molecule is CC(c1ccc(-n2cncn2)cc1)N(C)CC(=O)Nc1cccc(S(C)(=O)=O)c1. The van der Waals surface area contributed by atoms with Gasteiger partial charge in [0.1, 0.15) is 12.7 Å². The van der Waals surface area contributed by atoms with Crippen LogP contribution in [-0.2, 0) is 14.6 Å². The van der Waals surface area contributed by atoms with Crippen molar-refractivity contribution in [2.45, 2.75) is 17.9 Å². The van der Waals surface area contributed by atoms with Crippen LogP contribution in [0.5, 0.6) is 0 Å². The highest BCUT2D eigenvalue weighted by Crippen LogP contribution is 2.20. The Balaban J connectivity index is 1.62. The predicted molar refractivity (Wildman–Crippen MR) is 111 cm³/mol. The lowest BCUT2D eigenvalue weighted by Crippen LogP contribution is -2.32. The molecule has 0 fully saturated rings. The van der Waals surface area contributed by atoms with E-state index in [1.807, 2.05) is 43.1 Å². The van der Waals surface area contributed by atoms with E-state index in [1.54, 1.807) is 23.1 Å². The molecule has 152 valence electrons. The van der Waals surface area contributed by atoms with E-state index in [0.717, 1.165) is 17.5 Å². The quantitative estimate of drug-likeness (QED) is 0.638. The number of rotatable bonds is 7. The fourth-order valence-corrected chi connectivity index (χ4v) is 3.54. The van der Waals surface area contributed by atoms with Gasteiger partial charge in [-0.3, -0.25) is 9.69 Å². The molecule has 3 aromatic rings. The van der Waals surface area contributed by atoms with Crippen molar-refractivity contribution < 1.29 is 13.2 Å². The number of nitrogens with zero attached hydrogens (tertiary/aromatic N) is 4. The van der Waals surface area contributed by atoms with Crippen LogP contribution in [0.3, 0.4) is 0 Å². The number of carbonyl (C=O) groups excluding carboxylic acids is 1. The molecule has 1 aromatic heterocycles. The van der Waals surface area contributed by atoms with E-state index in [1.165, 1.54) is 18.5 Å². The average Bonchev–Trinajstić information content (AvgIpc) is 3.22. The fourth-order valence-electron chi connectivity index (χ4n) is 2.87. The van der Waals surface area contributed by atoms with Crippen molar-refractivity contribution in [3.63, 3.8) is 0 Å². The first-order valence-corrected chi connectivity index (χ1v) is 10.9. The molecule has 0 saturated heterocycles. The number of amides is 1. The molecule has 8 nitrogen and oxygen atoms in total. The molecule has 0 aliphatic carbocycles. The molecule has 1 N–H and O–H groups in total. The van der Waals surface area contributed by atoms with Crippen LogP contribution in [0.1, 0.15) is 18.5 Å². The molecule has 3 rings (SSSR count). The van der Waals surface area contributed by atoms with E-state index in [9.17, 15) is 13.2 Å². The molecule has 2 aromatic carbocycles. The largest absolute Gasteiger partial charge is 0.325 e. The molecule has 0 aliphatic heterocycles. The molecule has 1 unspecified atom stereocenters. The standard InChI is InChI=1S/C20H23N5O3S/c1-15(16-7-9-18(10-8-16)25-14-21-13-22-25)24(2)12-20(26)23-17-5-4-6-19(11-17)29(3,27)28/h4-11,13-15H,12H2,1-3H3,(H,23,26). The fraction of sp³-hybridized carbons (Fsp3) is 0.250. The van der Waals surface area contributed by atoms with Crippen molar-refractivity contribution in [3.05, 3.63) is 66.7 Å². The number of hydrogen-bond donors (Lipinski definition) is 1. The second-order valence-corrected chi connectivity index (χ2v) is 8.89. The number of nitrogens with one attached hydrogen (secondary N) is 1. The smallest absolute Gasteiger partial charge is 0.238 e. The topological polar surface area (TPSA) is 97.2 Å². The molecular formula is C20H23N5O3S. The van der Waals surface area contributed by atoms with Crippen molar-refractivity contribution in [2.75, 3.05) is 25.2 Å². The third-order valence-electron chi connectivity index (χ3n) is 4.66. The number of carbonyl (C=O) groups is 1. The van der Waals surface area contributed by atoms with Gasteiger partial charge >= 0.3 is 0 Å². The lowest BCUT2D eigenvalue weighted by atomic mass is 10.1. The van der Waals surface area contributed by atoms with Gasteiger partial charge in [-0.05, 0) is 49.9 Å². The van der Waals surface area contributed by atoms with Crippen molar-refractivity contribution in [1.82, 2.24) is 19.7 Å². The maximum atomic E-state index is 12.4. The van der Waals surface area contributed by atoms with Gasteiger partial charge < -0.3 is 5.32 Å². The minimum atomic E-state index is -3.33. The number of sulfone groups is 1. The van der Waals surface area contributed by atoms with E-state index in [-0.39, 0.29) is 23.4 Å². The number of hydrogen-bond acceptors (Lipinski definition) is 6. The molecule has 1 heterocycles. The summed E-state index contributed by atoms with van der Waals surface area (Å²) in [6, 6.07) is 14.1. The Morgan fingerprint density at radius 3 is 2.55 bits per heavy atom. The molecule has 0 bridgehead atoms. The Kier molecular flexibility index (Phi) is 6.09. The first-order chi connectivity index (χ1) is 13.7. The number of aromatic nitrogens is 3. The lowest BCUT2D eigenvalue weighted by molar-refractivity contribution is -0.117. The zero-order chi connectivity index (χ0) is 21.0. The van der Waals surface area contributed by atoms with E-state index < -0.39 is 9.84 Å². The summed E-state index contributed by atoms with van der Waals surface area (Å²) in [6.07, 6.45) is 4.25. The minimum absolute atomic E-state index is 0.00732. The highest BCUT2D eigenvalue weighted by atomic mass is 32.2. The highest BCUT2D eigenvalue weighted by Gasteiger charge is 2.16. The Morgan fingerprint density at radius 1 is 1.21 bits per heavy atom. The third kappa shape index (κ3) is 5.27. The molecule has 9 heteroatoms. The maximum Gasteiger partial charge on any atom is 0.238 e. The number of likely N-dealkylation sites (N-methyl/N-ethyl adjacent to an activating group) is 1. The third-order valence-corrected chi connectivity index (χ3v) is 5.77. The Hall–Kier alpha value is -3.04. The van der Waals surface area contributed by atoms with E-state index in [2.05, 4.69) is 15.4 Å². The average molecular weight is 414 g/mol. The summed E-state index contributed by atoms with van der Waals surface area (Å²) >= 11 is 0. The van der Waals surface area contributed by atoms with Gasteiger partial charge in [0.25, 0.3) is 0 Å².